The molecule has 0 aliphatic carbocycles. The molecule has 0 aromatic carbocycles. The number of aromatic nitrogens is 1. The Kier molecular flexibility index (Phi) is 6.62. The SMILES string of the molecule is CCCCCCCCOc1ccc(C)cn1. The number of rotatable bonds is 8. The first-order chi connectivity index (χ1) is 7.83. The summed E-state index contributed by atoms with van der Waals surface area (Å²) in [5.74, 6) is 0.749. The van der Waals surface area contributed by atoms with Gasteiger partial charge in [0, 0.05) is 12.3 Å². The van der Waals surface area contributed by atoms with Crippen LogP contribution in [0.25, 0.3) is 0 Å². The lowest BCUT2D eigenvalue weighted by atomic mass is 10.1. The summed E-state index contributed by atoms with van der Waals surface area (Å²) in [4.78, 5) is 4.20. The molecule has 1 rings (SSSR count). The van der Waals surface area contributed by atoms with Gasteiger partial charge in [-0.1, -0.05) is 45.1 Å². The highest BCUT2D eigenvalue weighted by atomic mass is 16.5. The third-order valence-corrected chi connectivity index (χ3v) is 2.63. The van der Waals surface area contributed by atoms with E-state index in [4.69, 9.17) is 4.74 Å². The summed E-state index contributed by atoms with van der Waals surface area (Å²) in [6, 6.07) is 3.97. The van der Waals surface area contributed by atoms with Gasteiger partial charge in [0.1, 0.15) is 0 Å². The highest BCUT2D eigenvalue weighted by Crippen LogP contribution is 2.09. The predicted molar refractivity (Wildman–Crippen MR) is 67.8 cm³/mol. The fourth-order valence-corrected chi connectivity index (χ4v) is 1.60. The quantitative estimate of drug-likeness (QED) is 0.616. The first kappa shape index (κ1) is 13.0. The van der Waals surface area contributed by atoms with Crippen molar-refractivity contribution in [3.8, 4) is 5.88 Å². The second-order valence-electron chi connectivity index (χ2n) is 4.29. The third-order valence-electron chi connectivity index (χ3n) is 2.63. The topological polar surface area (TPSA) is 22.1 Å². The minimum Gasteiger partial charge on any atom is -0.478 e. The third kappa shape index (κ3) is 5.74. The van der Waals surface area contributed by atoms with Gasteiger partial charge in [0.15, 0.2) is 0 Å². The standard InChI is InChI=1S/C14H23NO/c1-3-4-5-6-7-8-11-16-14-10-9-13(2)12-15-14/h9-10,12H,3-8,11H2,1-2H3. The molecule has 90 valence electrons. The lowest BCUT2D eigenvalue weighted by Gasteiger charge is -2.05. The van der Waals surface area contributed by atoms with Crippen molar-refractivity contribution < 1.29 is 4.74 Å². The Morgan fingerprint density at radius 3 is 2.50 bits per heavy atom. The zero-order valence-electron chi connectivity index (χ0n) is 10.5. The second kappa shape index (κ2) is 8.14. The number of nitrogens with zero attached hydrogens (tertiary/aromatic N) is 1. The molecule has 0 unspecified atom stereocenters. The van der Waals surface area contributed by atoms with Gasteiger partial charge in [-0.05, 0) is 18.9 Å². The molecule has 0 aliphatic heterocycles. The largest absolute Gasteiger partial charge is 0.478 e. The Morgan fingerprint density at radius 2 is 1.81 bits per heavy atom. The van der Waals surface area contributed by atoms with Crippen molar-refractivity contribution in [3.05, 3.63) is 23.9 Å². The molecule has 0 amide bonds. The summed E-state index contributed by atoms with van der Waals surface area (Å²) >= 11 is 0. The molecule has 1 aromatic rings. The molecule has 0 aliphatic rings. The van der Waals surface area contributed by atoms with Gasteiger partial charge >= 0.3 is 0 Å². The van der Waals surface area contributed by atoms with Crippen LogP contribution >= 0.6 is 0 Å². The van der Waals surface area contributed by atoms with E-state index in [1.54, 1.807) is 0 Å². The van der Waals surface area contributed by atoms with Crippen LogP contribution in [0.5, 0.6) is 5.88 Å². The van der Waals surface area contributed by atoms with Gasteiger partial charge in [-0.15, -0.1) is 0 Å². The fraction of sp³-hybridized carbons (Fsp3) is 0.643. The van der Waals surface area contributed by atoms with Gasteiger partial charge < -0.3 is 4.74 Å². The van der Waals surface area contributed by atoms with Crippen molar-refractivity contribution in [2.24, 2.45) is 0 Å². The van der Waals surface area contributed by atoms with Crippen LogP contribution < -0.4 is 4.74 Å². The Bertz CT molecular complexity index is 269. The average Bonchev–Trinajstić information content (AvgIpc) is 2.30. The molecular formula is C14H23NO. The molecular weight excluding hydrogens is 198 g/mol. The molecule has 0 fully saturated rings. The van der Waals surface area contributed by atoms with Crippen LogP contribution in [0, 0.1) is 6.92 Å². The molecule has 16 heavy (non-hydrogen) atoms. The van der Waals surface area contributed by atoms with Gasteiger partial charge in [-0.2, -0.15) is 0 Å². The van der Waals surface area contributed by atoms with E-state index >= 15 is 0 Å². The summed E-state index contributed by atoms with van der Waals surface area (Å²) in [5, 5.41) is 0. The van der Waals surface area contributed by atoms with E-state index in [9.17, 15) is 0 Å². The highest BCUT2D eigenvalue weighted by Gasteiger charge is 1.94. The maximum absolute atomic E-state index is 5.56. The van der Waals surface area contributed by atoms with E-state index in [0.29, 0.717) is 0 Å². The second-order valence-corrected chi connectivity index (χ2v) is 4.29. The van der Waals surface area contributed by atoms with Gasteiger partial charge in [-0.25, -0.2) is 4.98 Å². The molecule has 1 aromatic heterocycles. The van der Waals surface area contributed by atoms with E-state index in [1.165, 1.54) is 37.7 Å². The Labute approximate surface area is 99.0 Å². The minimum absolute atomic E-state index is 0.749. The monoisotopic (exact) mass is 221 g/mol. The number of pyridine rings is 1. The van der Waals surface area contributed by atoms with Crippen molar-refractivity contribution in [1.29, 1.82) is 0 Å². The molecule has 0 saturated carbocycles. The summed E-state index contributed by atoms with van der Waals surface area (Å²) in [6.45, 7) is 5.07. The number of aryl methyl sites for hydroxylation is 1. The Balaban J connectivity index is 2.01. The first-order valence-electron chi connectivity index (χ1n) is 6.38. The number of hydrogen-bond acceptors (Lipinski definition) is 2. The Morgan fingerprint density at radius 1 is 1.06 bits per heavy atom. The maximum Gasteiger partial charge on any atom is 0.213 e. The smallest absolute Gasteiger partial charge is 0.213 e. The lowest BCUT2D eigenvalue weighted by Crippen LogP contribution is -1.98. The summed E-state index contributed by atoms with van der Waals surface area (Å²) < 4.78 is 5.56. The molecule has 2 nitrogen and oxygen atoms in total. The summed E-state index contributed by atoms with van der Waals surface area (Å²) in [5.41, 5.74) is 1.17. The van der Waals surface area contributed by atoms with Crippen LogP contribution in [0.1, 0.15) is 51.0 Å². The van der Waals surface area contributed by atoms with Crippen LogP contribution in [0.2, 0.25) is 0 Å². The van der Waals surface area contributed by atoms with Crippen molar-refractivity contribution in [3.63, 3.8) is 0 Å². The average molecular weight is 221 g/mol. The molecule has 0 N–H and O–H groups in total. The normalized spacial score (nSPS) is 10.4. The van der Waals surface area contributed by atoms with Crippen molar-refractivity contribution >= 4 is 0 Å². The van der Waals surface area contributed by atoms with E-state index in [-0.39, 0.29) is 0 Å². The van der Waals surface area contributed by atoms with E-state index in [1.807, 2.05) is 25.3 Å². The predicted octanol–water partition coefficient (Wildman–Crippen LogP) is 4.13. The molecule has 2 heteroatoms. The van der Waals surface area contributed by atoms with E-state index < -0.39 is 0 Å². The number of hydrogen-bond donors (Lipinski definition) is 0. The maximum atomic E-state index is 5.56. The summed E-state index contributed by atoms with van der Waals surface area (Å²) in [6.07, 6.45) is 9.61. The summed E-state index contributed by atoms with van der Waals surface area (Å²) in [7, 11) is 0. The molecule has 0 radical (unpaired) electrons. The van der Waals surface area contributed by atoms with E-state index in [2.05, 4.69) is 11.9 Å². The van der Waals surface area contributed by atoms with Gasteiger partial charge in [-0.3, -0.25) is 0 Å². The zero-order chi connectivity index (χ0) is 11.6. The zero-order valence-corrected chi connectivity index (χ0v) is 10.5. The molecule has 0 bridgehead atoms. The van der Waals surface area contributed by atoms with Crippen LogP contribution in [-0.2, 0) is 0 Å². The van der Waals surface area contributed by atoms with Gasteiger partial charge in [0.25, 0.3) is 0 Å². The van der Waals surface area contributed by atoms with Crippen molar-refractivity contribution in [2.45, 2.75) is 52.4 Å². The minimum atomic E-state index is 0.749. The first-order valence-corrected chi connectivity index (χ1v) is 6.38. The molecule has 0 spiro atoms. The molecule has 0 atom stereocenters. The van der Waals surface area contributed by atoms with Crippen molar-refractivity contribution in [1.82, 2.24) is 4.98 Å². The van der Waals surface area contributed by atoms with Crippen molar-refractivity contribution in [2.75, 3.05) is 6.61 Å². The highest BCUT2D eigenvalue weighted by molar-refractivity contribution is 5.16. The van der Waals surface area contributed by atoms with Crippen LogP contribution in [0.3, 0.4) is 0 Å². The van der Waals surface area contributed by atoms with E-state index in [0.717, 1.165) is 18.9 Å². The van der Waals surface area contributed by atoms with Crippen LogP contribution in [0.15, 0.2) is 18.3 Å². The van der Waals surface area contributed by atoms with Crippen LogP contribution in [-0.4, -0.2) is 11.6 Å². The molecule has 1 heterocycles. The van der Waals surface area contributed by atoms with Gasteiger partial charge in [0.05, 0.1) is 6.61 Å². The molecule has 0 saturated heterocycles. The lowest BCUT2D eigenvalue weighted by molar-refractivity contribution is 0.293. The van der Waals surface area contributed by atoms with Crippen LogP contribution in [0.4, 0.5) is 0 Å². The Hall–Kier alpha value is -1.05. The van der Waals surface area contributed by atoms with Gasteiger partial charge in [0.2, 0.25) is 5.88 Å². The number of ether oxygens (including phenoxy) is 1. The fourth-order valence-electron chi connectivity index (χ4n) is 1.60. The number of unbranched alkanes of at least 4 members (excludes halogenated alkanes) is 5.